The van der Waals surface area contributed by atoms with Gasteiger partial charge in [0, 0.05) is 18.2 Å². The molecule has 0 radical (unpaired) electrons. The summed E-state index contributed by atoms with van der Waals surface area (Å²) in [6.07, 6.45) is 3.52. The fourth-order valence-corrected chi connectivity index (χ4v) is 1.61. The highest BCUT2D eigenvalue weighted by atomic mass is 32.2. The van der Waals surface area contributed by atoms with Crippen molar-refractivity contribution in [2.75, 3.05) is 24.0 Å². The van der Waals surface area contributed by atoms with Crippen molar-refractivity contribution in [2.45, 2.75) is 19.8 Å². The number of hydrogen-bond donors (Lipinski definition) is 3. The van der Waals surface area contributed by atoms with Crippen molar-refractivity contribution in [2.24, 2.45) is 5.84 Å². The summed E-state index contributed by atoms with van der Waals surface area (Å²) in [5.41, 5.74) is 3.16. The van der Waals surface area contributed by atoms with Crippen LogP contribution in [0.4, 0.5) is 5.69 Å². The Kier molecular flexibility index (Phi) is 5.87. The van der Waals surface area contributed by atoms with Gasteiger partial charge in [-0.2, -0.15) is 11.8 Å². The molecule has 0 aliphatic rings. The summed E-state index contributed by atoms with van der Waals surface area (Å²) in [7, 11) is 0. The first-order valence-electron chi connectivity index (χ1n) is 5.70. The van der Waals surface area contributed by atoms with E-state index in [-0.39, 0.29) is 17.5 Å². The molecular formula is C11H19N5OS. The molecule has 1 amide bonds. The van der Waals surface area contributed by atoms with Gasteiger partial charge in [0.25, 0.3) is 5.91 Å². The van der Waals surface area contributed by atoms with E-state index in [1.54, 1.807) is 11.8 Å². The molecule has 1 aromatic heterocycles. The lowest BCUT2D eigenvalue weighted by Gasteiger charge is -2.11. The highest BCUT2D eigenvalue weighted by Crippen LogP contribution is 2.15. The first kappa shape index (κ1) is 14.7. The molecule has 0 spiro atoms. The molecule has 0 aromatic carbocycles. The van der Waals surface area contributed by atoms with E-state index in [4.69, 9.17) is 5.84 Å². The Morgan fingerprint density at radius 1 is 1.56 bits per heavy atom. The lowest BCUT2D eigenvalue weighted by molar-refractivity contribution is 0.0951. The van der Waals surface area contributed by atoms with E-state index in [0.717, 1.165) is 5.75 Å². The van der Waals surface area contributed by atoms with Crippen LogP contribution in [-0.2, 0) is 0 Å². The van der Waals surface area contributed by atoms with Gasteiger partial charge in [-0.15, -0.1) is 0 Å². The summed E-state index contributed by atoms with van der Waals surface area (Å²) >= 11 is 1.67. The predicted molar refractivity (Wildman–Crippen MR) is 74.6 cm³/mol. The molecule has 1 rings (SSSR count). The van der Waals surface area contributed by atoms with Crippen LogP contribution in [0.5, 0.6) is 0 Å². The fraction of sp³-hybridized carbons (Fsp3) is 0.545. The number of hydrogen-bond acceptors (Lipinski definition) is 6. The molecule has 4 N–H and O–H groups in total. The van der Waals surface area contributed by atoms with Gasteiger partial charge < -0.3 is 10.7 Å². The highest BCUT2D eigenvalue weighted by molar-refractivity contribution is 7.98. The standard InChI is InChI=1S/C11H19N5OS/c1-7(2)10-14-6-8(16-12)9(15-10)11(17)13-4-5-18-3/h6-7,16H,4-5,12H2,1-3H3,(H,13,17). The van der Waals surface area contributed by atoms with Crippen molar-refractivity contribution in [1.82, 2.24) is 15.3 Å². The number of nitrogens with one attached hydrogen (secondary N) is 2. The molecule has 7 heteroatoms. The van der Waals surface area contributed by atoms with Gasteiger partial charge in [-0.3, -0.25) is 10.6 Å². The third kappa shape index (κ3) is 3.85. The Hall–Kier alpha value is -1.34. The third-order valence-electron chi connectivity index (χ3n) is 2.29. The Labute approximate surface area is 111 Å². The first-order valence-corrected chi connectivity index (χ1v) is 7.10. The van der Waals surface area contributed by atoms with Crippen molar-refractivity contribution < 1.29 is 4.79 Å². The Morgan fingerprint density at radius 2 is 2.28 bits per heavy atom. The zero-order chi connectivity index (χ0) is 13.5. The van der Waals surface area contributed by atoms with Gasteiger partial charge in [0.1, 0.15) is 5.82 Å². The number of carbonyl (C=O) groups is 1. The topological polar surface area (TPSA) is 92.9 Å². The smallest absolute Gasteiger partial charge is 0.272 e. The van der Waals surface area contributed by atoms with Gasteiger partial charge >= 0.3 is 0 Å². The second-order valence-electron chi connectivity index (χ2n) is 4.04. The number of rotatable bonds is 6. The molecule has 0 aliphatic heterocycles. The minimum absolute atomic E-state index is 0.162. The van der Waals surface area contributed by atoms with Crippen molar-refractivity contribution in [3.05, 3.63) is 17.7 Å². The predicted octanol–water partition coefficient (Wildman–Crippen LogP) is 0.978. The van der Waals surface area contributed by atoms with Crippen molar-refractivity contribution in [3.8, 4) is 0 Å². The maximum Gasteiger partial charge on any atom is 0.272 e. The van der Waals surface area contributed by atoms with Gasteiger partial charge in [-0.1, -0.05) is 13.8 Å². The fourth-order valence-electron chi connectivity index (χ4n) is 1.30. The summed E-state index contributed by atoms with van der Waals surface area (Å²) in [6, 6.07) is 0. The van der Waals surface area contributed by atoms with E-state index in [9.17, 15) is 4.79 Å². The molecule has 6 nitrogen and oxygen atoms in total. The zero-order valence-electron chi connectivity index (χ0n) is 10.9. The largest absolute Gasteiger partial charge is 0.350 e. The third-order valence-corrected chi connectivity index (χ3v) is 2.90. The highest BCUT2D eigenvalue weighted by Gasteiger charge is 2.15. The molecule has 0 saturated heterocycles. The molecule has 0 saturated carbocycles. The second kappa shape index (κ2) is 7.17. The summed E-state index contributed by atoms with van der Waals surface area (Å²) < 4.78 is 0. The number of thioether (sulfide) groups is 1. The zero-order valence-corrected chi connectivity index (χ0v) is 11.7. The molecule has 0 atom stereocenters. The van der Waals surface area contributed by atoms with E-state index < -0.39 is 0 Å². The molecule has 18 heavy (non-hydrogen) atoms. The summed E-state index contributed by atoms with van der Waals surface area (Å²) in [5.74, 6) is 6.77. The average molecular weight is 269 g/mol. The summed E-state index contributed by atoms with van der Waals surface area (Å²) in [6.45, 7) is 4.55. The van der Waals surface area contributed by atoms with Crippen LogP contribution in [0.1, 0.15) is 36.1 Å². The minimum atomic E-state index is -0.235. The maximum atomic E-state index is 12.0. The molecule has 0 fully saturated rings. The van der Waals surface area contributed by atoms with Crippen molar-refractivity contribution >= 4 is 23.4 Å². The lowest BCUT2D eigenvalue weighted by atomic mass is 10.2. The number of nitrogens with two attached hydrogens (primary N) is 1. The number of aromatic nitrogens is 2. The van der Waals surface area contributed by atoms with Crippen molar-refractivity contribution in [1.29, 1.82) is 0 Å². The quantitative estimate of drug-likeness (QED) is 0.405. The number of anilines is 1. The van der Waals surface area contributed by atoms with Gasteiger partial charge in [0.15, 0.2) is 5.69 Å². The van der Waals surface area contributed by atoms with Gasteiger partial charge in [-0.05, 0) is 6.26 Å². The Bertz CT molecular complexity index is 410. The van der Waals surface area contributed by atoms with Crippen LogP contribution < -0.4 is 16.6 Å². The van der Waals surface area contributed by atoms with Gasteiger partial charge in [-0.25, -0.2) is 9.97 Å². The van der Waals surface area contributed by atoms with Crippen LogP contribution >= 0.6 is 11.8 Å². The SMILES string of the molecule is CSCCNC(=O)c1nc(C(C)C)ncc1NN. The number of nitrogens with zero attached hydrogens (tertiary/aromatic N) is 2. The Morgan fingerprint density at radius 3 is 2.83 bits per heavy atom. The van der Waals surface area contributed by atoms with E-state index in [1.165, 1.54) is 6.20 Å². The van der Waals surface area contributed by atoms with Gasteiger partial charge in [0.2, 0.25) is 0 Å². The minimum Gasteiger partial charge on any atom is -0.350 e. The van der Waals surface area contributed by atoms with E-state index in [0.29, 0.717) is 18.1 Å². The van der Waals surface area contributed by atoms with Crippen LogP contribution in [0.25, 0.3) is 0 Å². The number of carbonyl (C=O) groups excluding carboxylic acids is 1. The van der Waals surface area contributed by atoms with Crippen LogP contribution in [0.2, 0.25) is 0 Å². The van der Waals surface area contributed by atoms with E-state index >= 15 is 0 Å². The van der Waals surface area contributed by atoms with Crippen LogP contribution in [0, 0.1) is 0 Å². The molecule has 1 heterocycles. The maximum absolute atomic E-state index is 12.0. The second-order valence-corrected chi connectivity index (χ2v) is 5.02. The summed E-state index contributed by atoms with van der Waals surface area (Å²) in [4.78, 5) is 20.4. The van der Waals surface area contributed by atoms with Crippen LogP contribution in [0.3, 0.4) is 0 Å². The van der Waals surface area contributed by atoms with Gasteiger partial charge in [0.05, 0.1) is 11.9 Å². The molecule has 0 unspecified atom stereocenters. The number of amides is 1. The van der Waals surface area contributed by atoms with Crippen molar-refractivity contribution in [3.63, 3.8) is 0 Å². The Balaban J connectivity index is 2.89. The van der Waals surface area contributed by atoms with Crippen LogP contribution in [-0.4, -0.2) is 34.4 Å². The summed E-state index contributed by atoms with van der Waals surface area (Å²) in [5, 5.41) is 2.80. The molecule has 0 bridgehead atoms. The average Bonchev–Trinajstić information content (AvgIpc) is 2.38. The monoisotopic (exact) mass is 269 g/mol. The van der Waals surface area contributed by atoms with Crippen LogP contribution in [0.15, 0.2) is 6.20 Å². The number of nitrogen functional groups attached to an aromatic ring is 1. The van der Waals surface area contributed by atoms with E-state index in [1.807, 2.05) is 20.1 Å². The molecule has 1 aromatic rings. The lowest BCUT2D eigenvalue weighted by Crippen LogP contribution is -2.29. The molecule has 0 aliphatic carbocycles. The normalized spacial score (nSPS) is 10.5. The van der Waals surface area contributed by atoms with E-state index in [2.05, 4.69) is 20.7 Å². The molecular weight excluding hydrogens is 250 g/mol. The first-order chi connectivity index (χ1) is 8.60. The number of hydrazine groups is 1. The molecule has 100 valence electrons.